The Bertz CT molecular complexity index is 1130. The molecule has 0 amide bonds. The van der Waals surface area contributed by atoms with Gasteiger partial charge in [0.05, 0.1) is 31.0 Å². The van der Waals surface area contributed by atoms with Crippen molar-refractivity contribution in [3.05, 3.63) is 60.4 Å². The number of aromatic nitrogens is 5. The zero-order chi connectivity index (χ0) is 20.2. The highest BCUT2D eigenvalue weighted by Crippen LogP contribution is 2.28. The minimum atomic E-state index is 0.492. The first-order chi connectivity index (χ1) is 14.8. The Morgan fingerprint density at radius 3 is 2.70 bits per heavy atom. The first-order valence-electron chi connectivity index (χ1n) is 9.78. The molecule has 8 nitrogen and oxygen atoms in total. The molecule has 1 fully saturated rings. The van der Waals surface area contributed by atoms with Crippen molar-refractivity contribution in [3.63, 3.8) is 0 Å². The minimum Gasteiger partial charge on any atom is -0.379 e. The van der Waals surface area contributed by atoms with Crippen LogP contribution < -0.4 is 0 Å². The van der Waals surface area contributed by atoms with E-state index in [0.29, 0.717) is 29.7 Å². The lowest BCUT2D eigenvalue weighted by atomic mass is 10.2. The van der Waals surface area contributed by atoms with Crippen LogP contribution in [-0.2, 0) is 17.0 Å². The Balaban J connectivity index is 1.36. The molecule has 0 N–H and O–H groups in total. The third-order valence-electron chi connectivity index (χ3n) is 4.78. The second-order valence-corrected chi connectivity index (χ2v) is 7.83. The molecule has 3 aromatic heterocycles. The van der Waals surface area contributed by atoms with Crippen molar-refractivity contribution >= 4 is 22.7 Å². The normalized spacial score (nSPS) is 14.9. The topological polar surface area (TPSA) is 90.1 Å². The summed E-state index contributed by atoms with van der Waals surface area (Å²) in [6, 6.07) is 13.7. The number of ether oxygens (including phenoxy) is 1. The van der Waals surface area contributed by atoms with Crippen LogP contribution in [0.2, 0.25) is 0 Å². The lowest BCUT2D eigenvalue weighted by Crippen LogP contribution is -2.36. The summed E-state index contributed by atoms with van der Waals surface area (Å²) in [6.45, 7) is 4.02. The number of fused-ring (bicyclic) bond motifs is 1. The summed E-state index contributed by atoms with van der Waals surface area (Å²) in [4.78, 5) is 20.7. The summed E-state index contributed by atoms with van der Waals surface area (Å²) in [5.74, 6) is 2.38. The summed E-state index contributed by atoms with van der Waals surface area (Å²) in [5.41, 5.74) is 1.63. The van der Waals surface area contributed by atoms with Gasteiger partial charge in [0, 0.05) is 24.7 Å². The van der Waals surface area contributed by atoms with Gasteiger partial charge in [0.2, 0.25) is 11.7 Å². The second-order valence-electron chi connectivity index (χ2n) is 6.87. The molecule has 5 rings (SSSR count). The van der Waals surface area contributed by atoms with E-state index in [1.165, 1.54) is 0 Å². The van der Waals surface area contributed by atoms with Crippen molar-refractivity contribution < 1.29 is 9.26 Å². The molecule has 1 saturated heterocycles. The van der Waals surface area contributed by atoms with Crippen LogP contribution in [0.4, 0.5) is 0 Å². The maximum atomic E-state index is 5.44. The fourth-order valence-electron chi connectivity index (χ4n) is 3.28. The number of para-hydroxylation sites is 1. The van der Waals surface area contributed by atoms with Gasteiger partial charge in [-0.1, -0.05) is 41.2 Å². The van der Waals surface area contributed by atoms with E-state index < -0.39 is 0 Å². The highest BCUT2D eigenvalue weighted by Gasteiger charge is 2.16. The van der Waals surface area contributed by atoms with Gasteiger partial charge < -0.3 is 9.26 Å². The number of hydrogen-bond donors (Lipinski definition) is 0. The molecule has 4 aromatic rings. The van der Waals surface area contributed by atoms with Crippen LogP contribution in [-0.4, -0.2) is 56.3 Å². The van der Waals surface area contributed by atoms with Gasteiger partial charge in [-0.25, -0.2) is 9.97 Å². The summed E-state index contributed by atoms with van der Waals surface area (Å²) in [7, 11) is 0. The van der Waals surface area contributed by atoms with Gasteiger partial charge in [-0.15, -0.1) is 0 Å². The average molecular weight is 420 g/mol. The van der Waals surface area contributed by atoms with Crippen LogP contribution in [0.1, 0.15) is 11.7 Å². The Morgan fingerprint density at radius 2 is 1.83 bits per heavy atom. The molecule has 1 aliphatic heterocycles. The van der Waals surface area contributed by atoms with Crippen molar-refractivity contribution in [3.8, 4) is 11.5 Å². The van der Waals surface area contributed by atoms with Crippen LogP contribution in [0.25, 0.3) is 22.4 Å². The van der Waals surface area contributed by atoms with Crippen molar-refractivity contribution in [2.45, 2.75) is 17.3 Å². The predicted molar refractivity (Wildman–Crippen MR) is 113 cm³/mol. The van der Waals surface area contributed by atoms with Crippen LogP contribution in [0.15, 0.2) is 58.2 Å². The molecule has 0 aliphatic carbocycles. The van der Waals surface area contributed by atoms with E-state index in [0.717, 1.165) is 48.1 Å². The minimum absolute atomic E-state index is 0.492. The van der Waals surface area contributed by atoms with Crippen molar-refractivity contribution in [2.75, 3.05) is 26.3 Å². The fourth-order valence-corrected chi connectivity index (χ4v) is 4.15. The van der Waals surface area contributed by atoms with E-state index in [2.05, 4.69) is 20.0 Å². The zero-order valence-electron chi connectivity index (χ0n) is 16.3. The van der Waals surface area contributed by atoms with E-state index in [1.807, 2.05) is 42.5 Å². The van der Waals surface area contributed by atoms with Crippen molar-refractivity contribution in [1.29, 1.82) is 0 Å². The zero-order valence-corrected chi connectivity index (χ0v) is 17.1. The molecular formula is C21H20N6O2S. The van der Waals surface area contributed by atoms with Gasteiger partial charge in [-0.2, -0.15) is 4.98 Å². The molecule has 0 bridgehead atoms. The number of pyridine rings is 1. The van der Waals surface area contributed by atoms with Gasteiger partial charge in [-0.3, -0.25) is 9.88 Å². The number of nitrogens with zero attached hydrogens (tertiary/aromatic N) is 6. The molecule has 0 radical (unpaired) electrons. The number of hydrogen-bond acceptors (Lipinski definition) is 9. The van der Waals surface area contributed by atoms with Gasteiger partial charge in [-0.05, 0) is 18.2 Å². The Hall–Kier alpha value is -2.88. The molecule has 1 aliphatic rings. The Labute approximate surface area is 177 Å². The fraction of sp³-hybridized carbons (Fsp3) is 0.286. The summed E-state index contributed by atoms with van der Waals surface area (Å²) >= 11 is 1.58. The quantitative estimate of drug-likeness (QED) is 0.344. The lowest BCUT2D eigenvalue weighted by molar-refractivity contribution is 0.0330. The van der Waals surface area contributed by atoms with Crippen molar-refractivity contribution in [1.82, 2.24) is 30.0 Å². The highest BCUT2D eigenvalue weighted by molar-refractivity contribution is 7.98. The highest BCUT2D eigenvalue weighted by atomic mass is 32.2. The monoisotopic (exact) mass is 420 g/mol. The maximum absolute atomic E-state index is 5.44. The third-order valence-corrected chi connectivity index (χ3v) is 5.75. The number of rotatable bonds is 6. The number of morpholine rings is 1. The molecule has 4 heterocycles. The lowest BCUT2D eigenvalue weighted by Gasteiger charge is -2.25. The molecule has 0 spiro atoms. The van der Waals surface area contributed by atoms with Crippen LogP contribution in [0.3, 0.4) is 0 Å². The number of thioether (sulfide) groups is 1. The van der Waals surface area contributed by atoms with Gasteiger partial charge in [0.25, 0.3) is 0 Å². The second kappa shape index (κ2) is 8.86. The van der Waals surface area contributed by atoms with E-state index in [-0.39, 0.29) is 0 Å². The first-order valence-corrected chi connectivity index (χ1v) is 10.8. The average Bonchev–Trinajstić information content (AvgIpc) is 3.28. The SMILES string of the molecule is c1ccc(-c2noc(CSc3nc(CN4CCOCC4)nc4ccccc34)n2)nc1. The van der Waals surface area contributed by atoms with Gasteiger partial charge in [0.15, 0.2) is 0 Å². The van der Waals surface area contributed by atoms with Crippen molar-refractivity contribution in [2.24, 2.45) is 0 Å². The van der Waals surface area contributed by atoms with Gasteiger partial charge >= 0.3 is 0 Å². The molecule has 0 saturated carbocycles. The van der Waals surface area contributed by atoms with Crippen LogP contribution in [0.5, 0.6) is 0 Å². The molecule has 30 heavy (non-hydrogen) atoms. The largest absolute Gasteiger partial charge is 0.379 e. The summed E-state index contributed by atoms with van der Waals surface area (Å²) in [6.07, 6.45) is 1.71. The van der Waals surface area contributed by atoms with Gasteiger partial charge in [0.1, 0.15) is 16.5 Å². The molecule has 152 valence electrons. The van der Waals surface area contributed by atoms with Crippen LogP contribution >= 0.6 is 11.8 Å². The molecule has 0 unspecified atom stereocenters. The van der Waals surface area contributed by atoms with Crippen LogP contribution in [0, 0.1) is 0 Å². The van der Waals surface area contributed by atoms with E-state index in [9.17, 15) is 0 Å². The maximum Gasteiger partial charge on any atom is 0.237 e. The smallest absolute Gasteiger partial charge is 0.237 e. The standard InChI is InChI=1S/C21H20N6O2S/c1-2-6-16-15(5-1)21(24-18(23-16)13-27-9-11-28-12-10-27)30-14-19-25-20(26-29-19)17-7-3-4-8-22-17/h1-8H,9-14H2. The Kier molecular flexibility index (Phi) is 5.65. The first kappa shape index (κ1) is 19.1. The molecular weight excluding hydrogens is 400 g/mol. The molecule has 9 heteroatoms. The van der Waals surface area contributed by atoms with E-state index >= 15 is 0 Å². The predicted octanol–water partition coefficient (Wildman–Crippen LogP) is 3.20. The summed E-state index contributed by atoms with van der Waals surface area (Å²) in [5, 5.41) is 5.99. The van der Waals surface area contributed by atoms with E-state index in [4.69, 9.17) is 19.2 Å². The third kappa shape index (κ3) is 4.33. The number of benzene rings is 1. The van der Waals surface area contributed by atoms with E-state index in [1.54, 1.807) is 18.0 Å². The summed E-state index contributed by atoms with van der Waals surface area (Å²) < 4.78 is 10.9. The molecule has 0 atom stereocenters. The molecule has 1 aromatic carbocycles. The Morgan fingerprint density at radius 1 is 0.967 bits per heavy atom.